The Kier molecular flexibility index (Phi) is 5.13. The predicted molar refractivity (Wildman–Crippen MR) is 64.2 cm³/mol. The molecular weight excluding hydrogens is 218 g/mol. The average molecular weight is 235 g/mol. The first kappa shape index (κ1) is 13.2. The average Bonchev–Trinajstić information content (AvgIpc) is 2.29. The van der Waals surface area contributed by atoms with Gasteiger partial charge in [-0.3, -0.25) is 14.6 Å². The molecule has 0 radical (unpaired) electrons. The van der Waals surface area contributed by atoms with Gasteiger partial charge in [-0.25, -0.2) is 0 Å². The standard InChI is InChI=1S/C12H17N3O2/c1-9(2)15-12(17)11(16)14-8-6-10-5-3-4-7-13-10/h3-5,7,9H,6,8H2,1-2H3,(H,14,16)(H,15,17). The maximum Gasteiger partial charge on any atom is 0.309 e. The molecule has 1 aromatic heterocycles. The van der Waals surface area contributed by atoms with Crippen LogP contribution in [0.1, 0.15) is 19.5 Å². The summed E-state index contributed by atoms with van der Waals surface area (Å²) in [7, 11) is 0. The van der Waals surface area contributed by atoms with Crippen molar-refractivity contribution in [3.63, 3.8) is 0 Å². The molecule has 17 heavy (non-hydrogen) atoms. The molecule has 1 rings (SSSR count). The second-order valence-corrected chi connectivity index (χ2v) is 3.96. The van der Waals surface area contributed by atoms with E-state index in [1.54, 1.807) is 20.0 Å². The fraction of sp³-hybridized carbons (Fsp3) is 0.417. The molecule has 0 aliphatic carbocycles. The van der Waals surface area contributed by atoms with Gasteiger partial charge in [0.2, 0.25) is 0 Å². The Labute approximate surface area is 101 Å². The first-order valence-corrected chi connectivity index (χ1v) is 5.58. The van der Waals surface area contributed by atoms with Crippen LogP contribution in [0.5, 0.6) is 0 Å². The third-order valence-electron chi connectivity index (χ3n) is 2.02. The molecule has 0 fully saturated rings. The Balaban J connectivity index is 2.27. The van der Waals surface area contributed by atoms with Gasteiger partial charge in [-0.1, -0.05) is 6.07 Å². The van der Waals surface area contributed by atoms with E-state index in [-0.39, 0.29) is 6.04 Å². The SMILES string of the molecule is CC(C)NC(=O)C(=O)NCCc1ccccn1. The molecule has 0 spiro atoms. The van der Waals surface area contributed by atoms with Gasteiger partial charge in [0.15, 0.2) is 0 Å². The van der Waals surface area contributed by atoms with Crippen LogP contribution in [0.2, 0.25) is 0 Å². The fourth-order valence-corrected chi connectivity index (χ4v) is 1.26. The number of hydrogen-bond acceptors (Lipinski definition) is 3. The maximum absolute atomic E-state index is 11.3. The summed E-state index contributed by atoms with van der Waals surface area (Å²) >= 11 is 0. The lowest BCUT2D eigenvalue weighted by Crippen LogP contribution is -2.43. The van der Waals surface area contributed by atoms with Gasteiger partial charge in [-0.15, -0.1) is 0 Å². The number of hydrogen-bond donors (Lipinski definition) is 2. The molecule has 5 heteroatoms. The summed E-state index contributed by atoms with van der Waals surface area (Å²) in [5, 5.41) is 5.07. The minimum Gasteiger partial charge on any atom is -0.347 e. The summed E-state index contributed by atoms with van der Waals surface area (Å²) in [6, 6.07) is 5.55. The zero-order valence-corrected chi connectivity index (χ0v) is 10.1. The number of nitrogens with zero attached hydrogens (tertiary/aromatic N) is 1. The van der Waals surface area contributed by atoms with Crippen LogP contribution in [-0.2, 0) is 16.0 Å². The van der Waals surface area contributed by atoms with Crippen LogP contribution in [0, 0.1) is 0 Å². The van der Waals surface area contributed by atoms with Gasteiger partial charge < -0.3 is 10.6 Å². The first-order chi connectivity index (χ1) is 8.09. The smallest absolute Gasteiger partial charge is 0.309 e. The molecular formula is C12H17N3O2. The van der Waals surface area contributed by atoms with Crippen molar-refractivity contribution in [3.05, 3.63) is 30.1 Å². The van der Waals surface area contributed by atoms with E-state index in [1.165, 1.54) is 0 Å². The highest BCUT2D eigenvalue weighted by atomic mass is 16.2. The van der Waals surface area contributed by atoms with E-state index in [1.807, 2.05) is 18.2 Å². The van der Waals surface area contributed by atoms with Crippen molar-refractivity contribution in [2.75, 3.05) is 6.54 Å². The quantitative estimate of drug-likeness (QED) is 0.736. The lowest BCUT2D eigenvalue weighted by atomic mass is 10.3. The molecule has 0 bridgehead atoms. The van der Waals surface area contributed by atoms with Crippen molar-refractivity contribution in [1.29, 1.82) is 0 Å². The van der Waals surface area contributed by atoms with Crippen LogP contribution in [-0.4, -0.2) is 29.4 Å². The van der Waals surface area contributed by atoms with Crippen LogP contribution >= 0.6 is 0 Å². The summed E-state index contributed by atoms with van der Waals surface area (Å²) in [6.45, 7) is 4.01. The summed E-state index contributed by atoms with van der Waals surface area (Å²) in [5.74, 6) is -1.20. The van der Waals surface area contributed by atoms with Gasteiger partial charge in [0.05, 0.1) is 0 Å². The number of carbonyl (C=O) groups excluding carboxylic acids is 2. The normalized spacial score (nSPS) is 10.1. The molecule has 1 heterocycles. The van der Waals surface area contributed by atoms with E-state index in [2.05, 4.69) is 15.6 Å². The number of rotatable bonds is 4. The lowest BCUT2D eigenvalue weighted by Gasteiger charge is -2.08. The Bertz CT molecular complexity index is 377. The van der Waals surface area contributed by atoms with Gasteiger partial charge in [-0.05, 0) is 26.0 Å². The topological polar surface area (TPSA) is 71.1 Å². The molecule has 0 aromatic carbocycles. The number of nitrogens with one attached hydrogen (secondary N) is 2. The van der Waals surface area contributed by atoms with E-state index in [0.29, 0.717) is 13.0 Å². The molecule has 0 saturated carbocycles. The second kappa shape index (κ2) is 6.62. The molecule has 1 aromatic rings. The van der Waals surface area contributed by atoms with E-state index in [9.17, 15) is 9.59 Å². The third-order valence-corrected chi connectivity index (χ3v) is 2.02. The number of carbonyl (C=O) groups is 2. The molecule has 0 unspecified atom stereocenters. The predicted octanol–water partition coefficient (Wildman–Crippen LogP) is 0.265. The maximum atomic E-state index is 11.3. The summed E-state index contributed by atoms with van der Waals surface area (Å²) in [6.07, 6.45) is 2.31. The molecule has 0 aliphatic heterocycles. The van der Waals surface area contributed by atoms with Gasteiger partial charge in [-0.2, -0.15) is 0 Å². The Morgan fingerprint density at radius 1 is 1.29 bits per heavy atom. The van der Waals surface area contributed by atoms with Gasteiger partial charge >= 0.3 is 11.8 Å². The van der Waals surface area contributed by atoms with E-state index >= 15 is 0 Å². The number of pyridine rings is 1. The number of aromatic nitrogens is 1. The molecule has 92 valence electrons. The highest BCUT2D eigenvalue weighted by Crippen LogP contribution is 1.92. The van der Waals surface area contributed by atoms with Crippen LogP contribution in [0.4, 0.5) is 0 Å². The fourth-order valence-electron chi connectivity index (χ4n) is 1.26. The second-order valence-electron chi connectivity index (χ2n) is 3.96. The zero-order chi connectivity index (χ0) is 12.7. The van der Waals surface area contributed by atoms with E-state index in [4.69, 9.17) is 0 Å². The molecule has 2 N–H and O–H groups in total. The summed E-state index contributed by atoms with van der Waals surface area (Å²) < 4.78 is 0. The van der Waals surface area contributed by atoms with Crippen LogP contribution in [0.15, 0.2) is 24.4 Å². The van der Waals surface area contributed by atoms with Crippen molar-refractivity contribution in [2.24, 2.45) is 0 Å². The Hall–Kier alpha value is -1.91. The molecule has 2 amide bonds. The van der Waals surface area contributed by atoms with Gasteiger partial charge in [0.25, 0.3) is 0 Å². The third kappa shape index (κ3) is 5.10. The molecule has 0 atom stereocenters. The lowest BCUT2D eigenvalue weighted by molar-refractivity contribution is -0.139. The zero-order valence-electron chi connectivity index (χ0n) is 10.1. The Morgan fingerprint density at radius 2 is 2.06 bits per heavy atom. The van der Waals surface area contributed by atoms with Crippen LogP contribution in [0.25, 0.3) is 0 Å². The van der Waals surface area contributed by atoms with Crippen molar-refractivity contribution in [2.45, 2.75) is 26.3 Å². The van der Waals surface area contributed by atoms with Crippen molar-refractivity contribution >= 4 is 11.8 Å². The van der Waals surface area contributed by atoms with Crippen molar-refractivity contribution < 1.29 is 9.59 Å². The van der Waals surface area contributed by atoms with E-state index in [0.717, 1.165) is 5.69 Å². The van der Waals surface area contributed by atoms with Gasteiger partial charge in [0.1, 0.15) is 0 Å². The minimum absolute atomic E-state index is 0.0379. The minimum atomic E-state index is -0.602. The number of amides is 2. The monoisotopic (exact) mass is 235 g/mol. The van der Waals surface area contributed by atoms with Crippen LogP contribution < -0.4 is 10.6 Å². The van der Waals surface area contributed by atoms with Crippen molar-refractivity contribution in [3.8, 4) is 0 Å². The first-order valence-electron chi connectivity index (χ1n) is 5.58. The molecule has 0 saturated heterocycles. The molecule has 5 nitrogen and oxygen atoms in total. The van der Waals surface area contributed by atoms with E-state index < -0.39 is 11.8 Å². The van der Waals surface area contributed by atoms with Crippen molar-refractivity contribution in [1.82, 2.24) is 15.6 Å². The highest BCUT2D eigenvalue weighted by molar-refractivity contribution is 6.35. The summed E-state index contributed by atoms with van der Waals surface area (Å²) in [5.41, 5.74) is 0.886. The largest absolute Gasteiger partial charge is 0.347 e. The van der Waals surface area contributed by atoms with Crippen LogP contribution in [0.3, 0.4) is 0 Å². The molecule has 0 aliphatic rings. The van der Waals surface area contributed by atoms with Gasteiger partial charge in [0, 0.05) is 30.9 Å². The Morgan fingerprint density at radius 3 is 2.65 bits per heavy atom. The highest BCUT2D eigenvalue weighted by Gasteiger charge is 2.13. The summed E-state index contributed by atoms with van der Waals surface area (Å²) in [4.78, 5) is 26.7.